The maximum atomic E-state index is 6.30. The Morgan fingerprint density at radius 2 is 1.48 bits per heavy atom. The summed E-state index contributed by atoms with van der Waals surface area (Å²) in [6, 6.07) is 28.8. The van der Waals surface area contributed by atoms with Crippen LogP contribution in [0.3, 0.4) is 0 Å². The Hall–Kier alpha value is -2.29. The Labute approximate surface area is 221 Å². The molecule has 4 aromatic rings. The average molecular weight is 589 g/mol. The van der Waals surface area contributed by atoms with Gasteiger partial charge in [-0.25, -0.2) is 4.99 Å². The third-order valence-corrected chi connectivity index (χ3v) is 6.10. The fourth-order valence-electron chi connectivity index (χ4n) is 3.45. The lowest BCUT2D eigenvalue weighted by Gasteiger charge is -2.25. The molecule has 0 aliphatic carbocycles. The van der Waals surface area contributed by atoms with Gasteiger partial charge in [0.1, 0.15) is 5.69 Å². The van der Waals surface area contributed by atoms with Gasteiger partial charge in [-0.2, -0.15) is 5.10 Å². The summed E-state index contributed by atoms with van der Waals surface area (Å²) < 4.78 is 1.87. The van der Waals surface area contributed by atoms with E-state index in [0.717, 1.165) is 34.5 Å². The van der Waals surface area contributed by atoms with Crippen molar-refractivity contribution in [3.8, 4) is 0 Å². The molecule has 0 saturated carbocycles. The van der Waals surface area contributed by atoms with Crippen LogP contribution in [0.4, 0.5) is 5.69 Å². The predicted octanol–water partition coefficient (Wildman–Crippen LogP) is 7.26. The minimum absolute atomic E-state index is 0. The number of halogens is 2. The lowest BCUT2D eigenvalue weighted by molar-refractivity contribution is 0.415. The summed E-state index contributed by atoms with van der Waals surface area (Å²) in [4.78, 5) is 7.25. The lowest BCUT2D eigenvalue weighted by Crippen LogP contribution is -2.27. The first-order chi connectivity index (χ1) is 15.7. The van der Waals surface area contributed by atoms with E-state index >= 15 is 0 Å². The molecule has 33 heavy (non-hydrogen) atoms. The monoisotopic (exact) mass is 588 g/mol. The second-order valence-electron chi connectivity index (χ2n) is 7.41. The summed E-state index contributed by atoms with van der Waals surface area (Å²) >= 11 is 7.95. The van der Waals surface area contributed by atoms with Gasteiger partial charge in [0.25, 0.3) is 0 Å². The van der Waals surface area contributed by atoms with Gasteiger partial charge in [0, 0.05) is 18.1 Å². The highest BCUT2D eigenvalue weighted by Crippen LogP contribution is 2.21. The van der Waals surface area contributed by atoms with Crippen molar-refractivity contribution in [3.05, 3.63) is 119 Å². The van der Waals surface area contributed by atoms with Gasteiger partial charge in [0.05, 0.1) is 18.9 Å². The third kappa shape index (κ3) is 7.35. The van der Waals surface area contributed by atoms with Crippen molar-refractivity contribution in [1.82, 2.24) is 14.7 Å². The maximum absolute atomic E-state index is 6.30. The van der Waals surface area contributed by atoms with Gasteiger partial charge < -0.3 is 4.90 Å². The van der Waals surface area contributed by atoms with Crippen LogP contribution in [0.15, 0.2) is 102 Å². The third-order valence-electron chi connectivity index (χ3n) is 5.02. The van der Waals surface area contributed by atoms with Gasteiger partial charge in [-0.3, -0.25) is 4.68 Å². The number of thioether (sulfide) groups is 1. The number of aliphatic imine (C=N–C) groups is 1. The smallest absolute Gasteiger partial charge is 0.164 e. The van der Waals surface area contributed by atoms with Crippen LogP contribution < -0.4 is 0 Å². The zero-order chi connectivity index (χ0) is 22.2. The largest absolute Gasteiger partial charge is 0.343 e. The number of rotatable bonds is 7. The van der Waals surface area contributed by atoms with E-state index in [4.69, 9.17) is 16.6 Å². The summed E-state index contributed by atoms with van der Waals surface area (Å²) in [5.74, 6) is 0. The second-order valence-corrected chi connectivity index (χ2v) is 8.59. The number of aromatic nitrogens is 2. The number of hydrogen-bond donors (Lipinski definition) is 0. The Bertz CT molecular complexity index is 1120. The lowest BCUT2D eigenvalue weighted by atomic mass is 10.2. The van der Waals surface area contributed by atoms with Gasteiger partial charge in [-0.15, -0.1) is 24.0 Å². The van der Waals surface area contributed by atoms with Crippen molar-refractivity contribution in [2.24, 2.45) is 4.99 Å². The minimum Gasteiger partial charge on any atom is -0.343 e. The van der Waals surface area contributed by atoms with Crippen LogP contribution in [-0.2, 0) is 19.6 Å². The zero-order valence-electron chi connectivity index (χ0n) is 18.3. The molecule has 0 atom stereocenters. The second kappa shape index (κ2) is 12.8. The van der Waals surface area contributed by atoms with Gasteiger partial charge in [0.15, 0.2) is 5.17 Å². The van der Waals surface area contributed by atoms with Crippen LogP contribution in [0.2, 0.25) is 5.02 Å². The summed E-state index contributed by atoms with van der Waals surface area (Å²) in [5, 5.41) is 6.19. The number of benzene rings is 3. The number of amidine groups is 1. The fraction of sp³-hybridized carbons (Fsp3) is 0.154. The molecule has 1 heterocycles. The zero-order valence-corrected chi connectivity index (χ0v) is 22.2. The van der Waals surface area contributed by atoms with Crippen LogP contribution in [-0.4, -0.2) is 26.1 Å². The molecule has 170 valence electrons. The van der Waals surface area contributed by atoms with E-state index < -0.39 is 0 Å². The molecule has 0 aliphatic heterocycles. The first-order valence-electron chi connectivity index (χ1n) is 10.4. The highest BCUT2D eigenvalue weighted by Gasteiger charge is 2.13. The van der Waals surface area contributed by atoms with Crippen molar-refractivity contribution >= 4 is 58.2 Å². The maximum Gasteiger partial charge on any atom is 0.164 e. The van der Waals surface area contributed by atoms with E-state index in [9.17, 15) is 0 Å². The average Bonchev–Trinajstić information content (AvgIpc) is 3.27. The highest BCUT2D eigenvalue weighted by molar-refractivity contribution is 14.0. The molecule has 3 aromatic carbocycles. The summed E-state index contributed by atoms with van der Waals surface area (Å²) in [6.07, 6.45) is 5.83. The summed E-state index contributed by atoms with van der Waals surface area (Å²) in [6.45, 7) is 2.17. The Morgan fingerprint density at radius 3 is 2.06 bits per heavy atom. The summed E-state index contributed by atoms with van der Waals surface area (Å²) in [5.41, 5.74) is 4.36. The van der Waals surface area contributed by atoms with Crippen LogP contribution in [0, 0.1) is 0 Å². The van der Waals surface area contributed by atoms with E-state index in [2.05, 4.69) is 64.8 Å². The molecular formula is C26H26ClIN4S. The van der Waals surface area contributed by atoms with Gasteiger partial charge in [-0.1, -0.05) is 102 Å². The van der Waals surface area contributed by atoms with E-state index in [1.165, 1.54) is 11.1 Å². The van der Waals surface area contributed by atoms with Crippen molar-refractivity contribution < 1.29 is 0 Å². The molecule has 4 nitrogen and oxygen atoms in total. The van der Waals surface area contributed by atoms with E-state index in [-0.39, 0.29) is 24.0 Å². The number of hydrogen-bond acceptors (Lipinski definition) is 3. The highest BCUT2D eigenvalue weighted by atomic mass is 127. The van der Waals surface area contributed by atoms with E-state index in [1.54, 1.807) is 18.0 Å². The first-order valence-corrected chi connectivity index (χ1v) is 12.0. The van der Waals surface area contributed by atoms with Crippen molar-refractivity contribution in [1.29, 1.82) is 0 Å². The van der Waals surface area contributed by atoms with Crippen LogP contribution in [0.5, 0.6) is 0 Å². The molecular weight excluding hydrogens is 563 g/mol. The van der Waals surface area contributed by atoms with E-state index in [1.807, 2.05) is 47.3 Å². The van der Waals surface area contributed by atoms with Crippen molar-refractivity contribution in [2.45, 2.75) is 19.6 Å². The molecule has 0 N–H and O–H groups in total. The standard InChI is InChI=1S/C26H25ClN4S.HI/c1-32-26(29-24-16-28-31(20-24)19-23-14-8-9-15-25(23)27)30(17-21-10-4-2-5-11-21)18-22-12-6-3-7-13-22;/h2-16,20H,17-19H2,1H3;1H. The van der Waals surface area contributed by atoms with Gasteiger partial charge >= 0.3 is 0 Å². The molecule has 0 bridgehead atoms. The van der Waals surface area contributed by atoms with Crippen molar-refractivity contribution in [3.63, 3.8) is 0 Å². The number of nitrogens with zero attached hydrogens (tertiary/aromatic N) is 4. The van der Waals surface area contributed by atoms with E-state index in [0.29, 0.717) is 6.54 Å². The molecule has 0 aliphatic rings. The molecule has 0 unspecified atom stereocenters. The summed E-state index contributed by atoms with van der Waals surface area (Å²) in [7, 11) is 0. The molecule has 4 rings (SSSR count). The van der Waals surface area contributed by atoms with Gasteiger partial charge in [-0.05, 0) is 29.0 Å². The molecule has 0 amide bonds. The predicted molar refractivity (Wildman–Crippen MR) is 151 cm³/mol. The van der Waals surface area contributed by atoms with Gasteiger partial charge in [0.2, 0.25) is 0 Å². The topological polar surface area (TPSA) is 33.4 Å². The Morgan fingerprint density at radius 1 is 0.909 bits per heavy atom. The van der Waals surface area contributed by atoms with Crippen LogP contribution >= 0.6 is 47.3 Å². The molecule has 0 spiro atoms. The normalized spacial score (nSPS) is 11.2. The molecule has 0 saturated heterocycles. The van der Waals surface area contributed by atoms with Crippen LogP contribution in [0.25, 0.3) is 0 Å². The molecule has 0 fully saturated rings. The van der Waals surface area contributed by atoms with Crippen molar-refractivity contribution in [2.75, 3.05) is 6.26 Å². The quantitative estimate of drug-likeness (QED) is 0.129. The fourth-order valence-corrected chi connectivity index (χ4v) is 4.23. The molecule has 0 radical (unpaired) electrons. The molecule has 1 aromatic heterocycles. The minimum atomic E-state index is 0. The molecule has 7 heteroatoms. The first kappa shape index (κ1) is 25.3. The van der Waals surface area contributed by atoms with Crippen LogP contribution in [0.1, 0.15) is 16.7 Å². The Kier molecular flexibility index (Phi) is 9.84. The Balaban J connectivity index is 0.00000306. The SMILES string of the molecule is CSC(=Nc1cnn(Cc2ccccc2Cl)c1)N(Cc1ccccc1)Cc1ccccc1.I.